The number of carbonyl (C=O) groups excluding carboxylic acids is 2. The lowest BCUT2D eigenvalue weighted by atomic mass is 10.1. The number of carbonyl (C=O) groups is 2. The number of nitrogens with one attached hydrogen (secondary N) is 1. The lowest BCUT2D eigenvalue weighted by Gasteiger charge is -2.20. The Morgan fingerprint density at radius 3 is 2.79 bits per heavy atom. The normalized spacial score (nSPS) is 14.1. The standard InChI is InChI=1S/C18H17ClN2O2S/c1-24-14-5-2-4-13(11-14)20-18(23)15-8-7-12(19)10-16(15)21-9-3-6-17(21)22/h2,4-5,7-8,10-11H,3,6,9H2,1H3,(H,20,23). The van der Waals surface area contributed by atoms with Gasteiger partial charge in [-0.15, -0.1) is 11.8 Å². The summed E-state index contributed by atoms with van der Waals surface area (Å²) in [6.07, 6.45) is 3.28. The monoisotopic (exact) mass is 360 g/mol. The molecule has 6 heteroatoms. The molecule has 0 aromatic heterocycles. The molecular weight excluding hydrogens is 344 g/mol. The Morgan fingerprint density at radius 1 is 1.25 bits per heavy atom. The fourth-order valence-corrected chi connectivity index (χ4v) is 3.35. The van der Waals surface area contributed by atoms with Crippen LogP contribution in [0.5, 0.6) is 0 Å². The van der Waals surface area contributed by atoms with Gasteiger partial charge < -0.3 is 10.2 Å². The van der Waals surface area contributed by atoms with Crippen molar-refractivity contribution in [3.8, 4) is 0 Å². The molecule has 24 heavy (non-hydrogen) atoms. The number of hydrogen-bond donors (Lipinski definition) is 1. The lowest BCUT2D eigenvalue weighted by Crippen LogP contribution is -2.27. The molecule has 1 heterocycles. The summed E-state index contributed by atoms with van der Waals surface area (Å²) in [5.41, 5.74) is 1.74. The molecule has 2 aromatic rings. The van der Waals surface area contributed by atoms with Gasteiger partial charge in [0.25, 0.3) is 5.91 Å². The van der Waals surface area contributed by atoms with E-state index in [1.54, 1.807) is 34.9 Å². The first kappa shape index (κ1) is 16.9. The van der Waals surface area contributed by atoms with Gasteiger partial charge in [-0.3, -0.25) is 9.59 Å². The van der Waals surface area contributed by atoms with Crippen molar-refractivity contribution in [1.29, 1.82) is 0 Å². The molecule has 1 N–H and O–H groups in total. The maximum Gasteiger partial charge on any atom is 0.257 e. The minimum Gasteiger partial charge on any atom is -0.322 e. The second-order valence-corrected chi connectivity index (χ2v) is 6.81. The fourth-order valence-electron chi connectivity index (χ4n) is 2.72. The van der Waals surface area contributed by atoms with E-state index >= 15 is 0 Å². The van der Waals surface area contributed by atoms with Crippen LogP contribution >= 0.6 is 23.4 Å². The van der Waals surface area contributed by atoms with E-state index in [0.29, 0.717) is 29.2 Å². The molecule has 0 atom stereocenters. The first-order valence-electron chi connectivity index (χ1n) is 7.64. The summed E-state index contributed by atoms with van der Waals surface area (Å²) < 4.78 is 0. The van der Waals surface area contributed by atoms with Crippen LogP contribution in [0.15, 0.2) is 47.4 Å². The van der Waals surface area contributed by atoms with E-state index in [2.05, 4.69) is 5.32 Å². The molecule has 2 amide bonds. The highest BCUT2D eigenvalue weighted by Crippen LogP contribution is 2.29. The van der Waals surface area contributed by atoms with Gasteiger partial charge in [-0.1, -0.05) is 17.7 Å². The van der Waals surface area contributed by atoms with Gasteiger partial charge in [0.05, 0.1) is 11.3 Å². The zero-order chi connectivity index (χ0) is 17.1. The SMILES string of the molecule is CSc1cccc(NC(=O)c2ccc(Cl)cc2N2CCCC2=O)c1. The van der Waals surface area contributed by atoms with E-state index in [4.69, 9.17) is 11.6 Å². The minimum absolute atomic E-state index is 0.0238. The highest BCUT2D eigenvalue weighted by atomic mass is 35.5. The van der Waals surface area contributed by atoms with E-state index in [-0.39, 0.29) is 11.8 Å². The Hall–Kier alpha value is -1.98. The van der Waals surface area contributed by atoms with Crippen LogP contribution < -0.4 is 10.2 Å². The van der Waals surface area contributed by atoms with Crippen LogP contribution in [0.25, 0.3) is 0 Å². The maximum atomic E-state index is 12.7. The van der Waals surface area contributed by atoms with Crippen molar-refractivity contribution < 1.29 is 9.59 Å². The summed E-state index contributed by atoms with van der Waals surface area (Å²) in [6.45, 7) is 0.613. The first-order valence-corrected chi connectivity index (χ1v) is 9.24. The second-order valence-electron chi connectivity index (χ2n) is 5.50. The second kappa shape index (κ2) is 7.28. The number of halogens is 1. The molecule has 0 bridgehead atoms. The van der Waals surface area contributed by atoms with Crippen LogP contribution in [0.3, 0.4) is 0 Å². The summed E-state index contributed by atoms with van der Waals surface area (Å²) >= 11 is 7.69. The summed E-state index contributed by atoms with van der Waals surface area (Å²) in [6, 6.07) is 12.6. The Labute approximate surface area is 150 Å². The third kappa shape index (κ3) is 3.57. The van der Waals surface area contributed by atoms with Gasteiger partial charge in [0.1, 0.15) is 0 Å². The average Bonchev–Trinajstić information content (AvgIpc) is 3.00. The number of rotatable bonds is 4. The summed E-state index contributed by atoms with van der Waals surface area (Å²) in [4.78, 5) is 27.5. The first-order chi connectivity index (χ1) is 11.6. The highest BCUT2D eigenvalue weighted by Gasteiger charge is 2.26. The van der Waals surface area contributed by atoms with Crippen molar-refractivity contribution in [2.24, 2.45) is 0 Å². The number of thioether (sulfide) groups is 1. The van der Waals surface area contributed by atoms with E-state index in [9.17, 15) is 9.59 Å². The van der Waals surface area contributed by atoms with Crippen molar-refractivity contribution in [2.45, 2.75) is 17.7 Å². The van der Waals surface area contributed by atoms with Gasteiger partial charge in [0.2, 0.25) is 5.91 Å². The smallest absolute Gasteiger partial charge is 0.257 e. The predicted molar refractivity (Wildman–Crippen MR) is 99.2 cm³/mol. The van der Waals surface area contributed by atoms with Crippen molar-refractivity contribution in [3.63, 3.8) is 0 Å². The lowest BCUT2D eigenvalue weighted by molar-refractivity contribution is -0.117. The molecule has 124 valence electrons. The quantitative estimate of drug-likeness (QED) is 0.820. The van der Waals surface area contributed by atoms with Gasteiger partial charge in [0, 0.05) is 28.6 Å². The van der Waals surface area contributed by atoms with E-state index < -0.39 is 0 Å². The van der Waals surface area contributed by atoms with Crippen molar-refractivity contribution >= 4 is 46.6 Å². The molecule has 0 unspecified atom stereocenters. The summed E-state index contributed by atoms with van der Waals surface area (Å²) in [5.74, 6) is -0.227. The number of amides is 2. The van der Waals surface area contributed by atoms with Gasteiger partial charge >= 0.3 is 0 Å². The highest BCUT2D eigenvalue weighted by molar-refractivity contribution is 7.98. The zero-order valence-electron chi connectivity index (χ0n) is 13.2. The molecule has 3 rings (SSSR count). The summed E-state index contributed by atoms with van der Waals surface area (Å²) in [5, 5.41) is 3.40. The zero-order valence-corrected chi connectivity index (χ0v) is 14.8. The number of anilines is 2. The molecule has 0 spiro atoms. The molecule has 0 aliphatic carbocycles. The molecule has 1 fully saturated rings. The minimum atomic E-state index is -0.250. The van der Waals surface area contributed by atoms with Crippen LogP contribution in [-0.4, -0.2) is 24.6 Å². The molecule has 1 aliphatic rings. The third-order valence-electron chi connectivity index (χ3n) is 3.90. The molecule has 1 saturated heterocycles. The van der Waals surface area contributed by atoms with Crippen molar-refractivity contribution in [3.05, 3.63) is 53.1 Å². The Morgan fingerprint density at radius 2 is 2.08 bits per heavy atom. The van der Waals surface area contributed by atoms with Crippen molar-refractivity contribution in [2.75, 3.05) is 23.0 Å². The average molecular weight is 361 g/mol. The van der Waals surface area contributed by atoms with Gasteiger partial charge in [0.15, 0.2) is 0 Å². The van der Waals surface area contributed by atoms with Crippen LogP contribution in [-0.2, 0) is 4.79 Å². The van der Waals surface area contributed by atoms with Crippen molar-refractivity contribution in [1.82, 2.24) is 0 Å². The molecule has 0 radical (unpaired) electrons. The third-order valence-corrected chi connectivity index (χ3v) is 4.86. The van der Waals surface area contributed by atoms with Crippen LogP contribution in [0.2, 0.25) is 5.02 Å². The van der Waals surface area contributed by atoms with E-state index in [1.165, 1.54) is 0 Å². The Kier molecular flexibility index (Phi) is 5.11. The van der Waals surface area contributed by atoms with Gasteiger partial charge in [-0.2, -0.15) is 0 Å². The molecule has 2 aromatic carbocycles. The largest absolute Gasteiger partial charge is 0.322 e. The summed E-state index contributed by atoms with van der Waals surface area (Å²) in [7, 11) is 0. The molecule has 4 nitrogen and oxygen atoms in total. The molecule has 0 saturated carbocycles. The van der Waals surface area contributed by atoms with Gasteiger partial charge in [-0.25, -0.2) is 0 Å². The molecule has 1 aliphatic heterocycles. The van der Waals surface area contributed by atoms with Crippen LogP contribution in [0, 0.1) is 0 Å². The fraction of sp³-hybridized carbons (Fsp3) is 0.222. The predicted octanol–water partition coefficient (Wildman–Crippen LogP) is 4.44. The van der Waals surface area contributed by atoms with Crippen LogP contribution in [0.4, 0.5) is 11.4 Å². The number of benzene rings is 2. The Balaban J connectivity index is 1.90. The number of hydrogen-bond acceptors (Lipinski definition) is 3. The van der Waals surface area contributed by atoms with Gasteiger partial charge in [-0.05, 0) is 49.1 Å². The number of nitrogens with zero attached hydrogens (tertiary/aromatic N) is 1. The van der Waals surface area contributed by atoms with E-state index in [0.717, 1.165) is 17.0 Å². The Bertz CT molecular complexity index is 794. The maximum absolute atomic E-state index is 12.7. The van der Waals surface area contributed by atoms with E-state index in [1.807, 2.05) is 30.5 Å². The van der Waals surface area contributed by atoms with Crippen LogP contribution in [0.1, 0.15) is 23.2 Å². The topological polar surface area (TPSA) is 49.4 Å². The molecular formula is C18H17ClN2O2S.